The average molecular weight is 233 g/mol. The number of halogens is 1. The molecule has 2 aromatic rings. The molecule has 0 unspecified atom stereocenters. The summed E-state index contributed by atoms with van der Waals surface area (Å²) in [4.78, 5) is 6.91. The summed E-state index contributed by atoms with van der Waals surface area (Å²) in [5, 5.41) is 3.27. The molecule has 3 nitrogen and oxygen atoms in total. The van der Waals surface area contributed by atoms with Gasteiger partial charge in [-0.3, -0.25) is 0 Å². The molecule has 0 saturated carbocycles. The summed E-state index contributed by atoms with van der Waals surface area (Å²) in [5.74, 6) is 0.771. The second-order valence-corrected chi connectivity index (χ2v) is 4.14. The van der Waals surface area contributed by atoms with E-state index in [9.17, 15) is 4.39 Å². The van der Waals surface area contributed by atoms with E-state index in [1.165, 1.54) is 6.07 Å². The first kappa shape index (κ1) is 11.6. The standard InChI is InChI=1S/C13H16FN3/c1-10(17-13-8-15-9-16-13)6-7-11-4-2-3-5-12(11)14/h2-5,8-10,17H,6-7H2,1H3,(H,15,16)/t10-/m1/s1. The summed E-state index contributed by atoms with van der Waals surface area (Å²) in [6.07, 6.45) is 4.97. The van der Waals surface area contributed by atoms with Gasteiger partial charge in [0.1, 0.15) is 11.6 Å². The number of aromatic nitrogens is 2. The second-order valence-electron chi connectivity index (χ2n) is 4.14. The third kappa shape index (κ3) is 3.31. The SMILES string of the molecule is C[C@H](CCc1ccccc1F)Nc1cnc[nH]1. The normalized spacial score (nSPS) is 12.4. The summed E-state index contributed by atoms with van der Waals surface area (Å²) >= 11 is 0. The van der Waals surface area contributed by atoms with Gasteiger partial charge in [-0.1, -0.05) is 18.2 Å². The fourth-order valence-electron chi connectivity index (χ4n) is 1.75. The van der Waals surface area contributed by atoms with Gasteiger partial charge in [-0.25, -0.2) is 9.37 Å². The van der Waals surface area contributed by atoms with Gasteiger partial charge in [0.2, 0.25) is 0 Å². The molecule has 0 radical (unpaired) electrons. The highest BCUT2D eigenvalue weighted by atomic mass is 19.1. The summed E-state index contributed by atoms with van der Waals surface area (Å²) < 4.78 is 13.4. The Labute approximate surface area is 100 Å². The zero-order valence-corrected chi connectivity index (χ0v) is 9.78. The van der Waals surface area contributed by atoms with Crippen LogP contribution in [0.3, 0.4) is 0 Å². The van der Waals surface area contributed by atoms with Crippen molar-refractivity contribution >= 4 is 5.82 Å². The average Bonchev–Trinajstić information content (AvgIpc) is 2.81. The number of imidazole rings is 1. The molecule has 0 aliphatic rings. The predicted octanol–water partition coefficient (Wildman–Crippen LogP) is 2.98. The first-order valence-electron chi connectivity index (χ1n) is 5.74. The number of hydrogen-bond acceptors (Lipinski definition) is 2. The van der Waals surface area contributed by atoms with Crippen molar-refractivity contribution in [1.29, 1.82) is 0 Å². The van der Waals surface area contributed by atoms with E-state index in [0.717, 1.165) is 24.2 Å². The van der Waals surface area contributed by atoms with Gasteiger partial charge in [0.05, 0.1) is 12.5 Å². The van der Waals surface area contributed by atoms with Crippen molar-refractivity contribution in [3.63, 3.8) is 0 Å². The minimum absolute atomic E-state index is 0.124. The fourth-order valence-corrected chi connectivity index (χ4v) is 1.75. The van der Waals surface area contributed by atoms with Crippen molar-refractivity contribution in [2.24, 2.45) is 0 Å². The Morgan fingerprint density at radius 2 is 2.24 bits per heavy atom. The van der Waals surface area contributed by atoms with Crippen LogP contribution in [-0.2, 0) is 6.42 Å². The summed E-state index contributed by atoms with van der Waals surface area (Å²) in [6, 6.07) is 7.19. The number of aromatic amines is 1. The predicted molar refractivity (Wildman–Crippen MR) is 66.4 cm³/mol. The van der Waals surface area contributed by atoms with Crippen LogP contribution in [-0.4, -0.2) is 16.0 Å². The van der Waals surface area contributed by atoms with Crippen LogP contribution in [0.4, 0.5) is 10.2 Å². The van der Waals surface area contributed by atoms with Crippen molar-refractivity contribution in [3.05, 3.63) is 48.2 Å². The molecule has 0 bridgehead atoms. The molecule has 1 atom stereocenters. The van der Waals surface area contributed by atoms with E-state index >= 15 is 0 Å². The molecule has 0 aliphatic carbocycles. The molecule has 0 saturated heterocycles. The molecule has 0 spiro atoms. The third-order valence-electron chi connectivity index (χ3n) is 2.70. The van der Waals surface area contributed by atoms with E-state index in [0.29, 0.717) is 0 Å². The number of nitrogens with zero attached hydrogens (tertiary/aromatic N) is 1. The van der Waals surface area contributed by atoms with Crippen LogP contribution >= 0.6 is 0 Å². The molecule has 1 heterocycles. The number of H-pyrrole nitrogens is 1. The Balaban J connectivity index is 1.84. The van der Waals surface area contributed by atoms with Gasteiger partial charge in [0.15, 0.2) is 0 Å². The number of aryl methyl sites for hydroxylation is 1. The Hall–Kier alpha value is -1.84. The summed E-state index contributed by atoms with van der Waals surface area (Å²) in [5.41, 5.74) is 0.769. The second kappa shape index (κ2) is 5.48. The molecule has 0 aliphatic heterocycles. The van der Waals surface area contributed by atoms with Crippen LogP contribution < -0.4 is 5.32 Å². The van der Waals surface area contributed by atoms with E-state index in [1.807, 2.05) is 12.1 Å². The molecule has 90 valence electrons. The van der Waals surface area contributed by atoms with Crippen LogP contribution in [0.15, 0.2) is 36.8 Å². The lowest BCUT2D eigenvalue weighted by Crippen LogP contribution is -2.16. The number of anilines is 1. The van der Waals surface area contributed by atoms with E-state index in [1.54, 1.807) is 18.6 Å². The highest BCUT2D eigenvalue weighted by Gasteiger charge is 2.05. The Kier molecular flexibility index (Phi) is 3.75. The van der Waals surface area contributed by atoms with E-state index in [-0.39, 0.29) is 11.9 Å². The molecule has 1 aromatic heterocycles. The van der Waals surface area contributed by atoms with Crippen molar-refractivity contribution in [3.8, 4) is 0 Å². The highest BCUT2D eigenvalue weighted by molar-refractivity contribution is 5.31. The number of nitrogens with one attached hydrogen (secondary N) is 2. The van der Waals surface area contributed by atoms with Crippen LogP contribution in [0.2, 0.25) is 0 Å². The maximum absolute atomic E-state index is 13.4. The topological polar surface area (TPSA) is 40.7 Å². The number of benzene rings is 1. The lowest BCUT2D eigenvalue weighted by atomic mass is 10.1. The number of hydrogen-bond donors (Lipinski definition) is 2. The highest BCUT2D eigenvalue weighted by Crippen LogP contribution is 2.12. The molecular formula is C13H16FN3. The van der Waals surface area contributed by atoms with Crippen LogP contribution in [0.25, 0.3) is 0 Å². The minimum Gasteiger partial charge on any atom is -0.368 e. The quantitative estimate of drug-likeness (QED) is 0.833. The van der Waals surface area contributed by atoms with E-state index in [4.69, 9.17) is 0 Å². The summed E-state index contributed by atoms with van der Waals surface area (Å²) in [6.45, 7) is 2.07. The van der Waals surface area contributed by atoms with Crippen molar-refractivity contribution in [2.45, 2.75) is 25.8 Å². The minimum atomic E-state index is -0.124. The molecule has 4 heteroatoms. The van der Waals surface area contributed by atoms with Crippen LogP contribution in [0.1, 0.15) is 18.9 Å². The molecule has 0 fully saturated rings. The molecule has 0 amide bonds. The lowest BCUT2D eigenvalue weighted by Gasteiger charge is -2.13. The molecular weight excluding hydrogens is 217 g/mol. The van der Waals surface area contributed by atoms with Gasteiger partial charge in [-0.15, -0.1) is 0 Å². The van der Waals surface area contributed by atoms with Gasteiger partial charge in [-0.05, 0) is 31.4 Å². The van der Waals surface area contributed by atoms with Crippen molar-refractivity contribution in [1.82, 2.24) is 9.97 Å². The van der Waals surface area contributed by atoms with E-state index < -0.39 is 0 Å². The zero-order valence-electron chi connectivity index (χ0n) is 9.78. The van der Waals surface area contributed by atoms with Crippen LogP contribution in [0, 0.1) is 5.82 Å². The molecule has 1 aromatic carbocycles. The fraction of sp³-hybridized carbons (Fsp3) is 0.308. The Bertz CT molecular complexity index is 453. The zero-order chi connectivity index (χ0) is 12.1. The Morgan fingerprint density at radius 1 is 1.41 bits per heavy atom. The van der Waals surface area contributed by atoms with Crippen molar-refractivity contribution < 1.29 is 4.39 Å². The lowest BCUT2D eigenvalue weighted by molar-refractivity contribution is 0.596. The van der Waals surface area contributed by atoms with Crippen molar-refractivity contribution in [2.75, 3.05) is 5.32 Å². The third-order valence-corrected chi connectivity index (χ3v) is 2.70. The van der Waals surface area contributed by atoms with Gasteiger partial charge < -0.3 is 10.3 Å². The first-order chi connectivity index (χ1) is 8.25. The van der Waals surface area contributed by atoms with Gasteiger partial charge in [-0.2, -0.15) is 0 Å². The first-order valence-corrected chi connectivity index (χ1v) is 5.74. The van der Waals surface area contributed by atoms with Gasteiger partial charge in [0, 0.05) is 6.04 Å². The maximum atomic E-state index is 13.4. The van der Waals surface area contributed by atoms with Crippen LogP contribution in [0.5, 0.6) is 0 Å². The van der Waals surface area contributed by atoms with E-state index in [2.05, 4.69) is 22.2 Å². The Morgan fingerprint density at radius 3 is 2.94 bits per heavy atom. The molecule has 2 N–H and O–H groups in total. The largest absolute Gasteiger partial charge is 0.368 e. The molecule has 2 rings (SSSR count). The van der Waals surface area contributed by atoms with Gasteiger partial charge in [0.25, 0.3) is 0 Å². The summed E-state index contributed by atoms with van der Waals surface area (Å²) in [7, 11) is 0. The smallest absolute Gasteiger partial charge is 0.126 e. The van der Waals surface area contributed by atoms with Gasteiger partial charge >= 0.3 is 0 Å². The monoisotopic (exact) mass is 233 g/mol. The number of rotatable bonds is 5. The molecule has 17 heavy (non-hydrogen) atoms. The maximum Gasteiger partial charge on any atom is 0.126 e.